The molecule has 3 nitrogen and oxygen atoms in total. The fourth-order valence-electron chi connectivity index (χ4n) is 1.10. The minimum Gasteiger partial charge on any atom is -0.398 e. The number of nitriles is 1. The SMILES string of the molecule is C=CCOC[C@](C)(C#N)O[Si](C)(C)C. The van der Waals surface area contributed by atoms with Gasteiger partial charge in [0.25, 0.3) is 0 Å². The van der Waals surface area contributed by atoms with Crippen LogP contribution < -0.4 is 0 Å². The lowest BCUT2D eigenvalue weighted by atomic mass is 10.1. The second-order valence-electron chi connectivity index (χ2n) is 4.36. The summed E-state index contributed by atoms with van der Waals surface area (Å²) in [5.74, 6) is 0. The first kappa shape index (κ1) is 13.4. The Labute approximate surface area is 87.5 Å². The van der Waals surface area contributed by atoms with Crippen molar-refractivity contribution in [1.82, 2.24) is 0 Å². The number of hydrogen-bond acceptors (Lipinski definition) is 3. The Hall–Kier alpha value is -0.633. The van der Waals surface area contributed by atoms with Gasteiger partial charge in [0.1, 0.15) is 0 Å². The lowest BCUT2D eigenvalue weighted by molar-refractivity contribution is 0.0259. The van der Waals surface area contributed by atoms with Gasteiger partial charge in [-0.1, -0.05) is 6.08 Å². The fraction of sp³-hybridized carbons (Fsp3) is 0.700. The molecule has 0 rings (SSSR count). The monoisotopic (exact) mass is 213 g/mol. The molecule has 0 amide bonds. The smallest absolute Gasteiger partial charge is 0.186 e. The summed E-state index contributed by atoms with van der Waals surface area (Å²) in [6.07, 6.45) is 1.66. The van der Waals surface area contributed by atoms with Gasteiger partial charge in [0.15, 0.2) is 13.9 Å². The molecule has 0 unspecified atom stereocenters. The summed E-state index contributed by atoms with van der Waals surface area (Å²) < 4.78 is 11.0. The predicted octanol–water partition coefficient (Wildman–Crippen LogP) is 2.32. The minimum absolute atomic E-state index is 0.291. The summed E-state index contributed by atoms with van der Waals surface area (Å²) in [6, 6.07) is 2.15. The molecular formula is C10H19NO2Si. The van der Waals surface area contributed by atoms with Crippen molar-refractivity contribution in [3.05, 3.63) is 12.7 Å². The Morgan fingerprint density at radius 1 is 1.50 bits per heavy atom. The first-order valence-corrected chi connectivity index (χ1v) is 8.04. The Kier molecular flexibility index (Phi) is 5.06. The molecule has 14 heavy (non-hydrogen) atoms. The standard InChI is InChI=1S/C10H19NO2Si/c1-6-7-12-9-10(2,8-11)13-14(3,4)5/h6H,1,7,9H2,2-5H3/t10-/m0/s1. The van der Waals surface area contributed by atoms with Gasteiger partial charge < -0.3 is 9.16 Å². The molecule has 0 aliphatic carbocycles. The first-order chi connectivity index (χ1) is 6.33. The van der Waals surface area contributed by atoms with E-state index in [1.165, 1.54) is 0 Å². The van der Waals surface area contributed by atoms with E-state index in [9.17, 15) is 0 Å². The van der Waals surface area contributed by atoms with E-state index in [0.29, 0.717) is 13.2 Å². The van der Waals surface area contributed by atoms with Gasteiger partial charge in [-0.05, 0) is 26.6 Å². The number of hydrogen-bond donors (Lipinski definition) is 0. The van der Waals surface area contributed by atoms with Crippen molar-refractivity contribution in [3.8, 4) is 6.07 Å². The molecule has 0 heterocycles. The summed E-state index contributed by atoms with van der Waals surface area (Å²) in [4.78, 5) is 0. The van der Waals surface area contributed by atoms with Gasteiger partial charge in [0, 0.05) is 0 Å². The molecule has 0 N–H and O–H groups in total. The normalized spacial score (nSPS) is 15.6. The zero-order valence-electron chi connectivity index (χ0n) is 9.46. The maximum Gasteiger partial charge on any atom is 0.186 e. The molecule has 0 saturated carbocycles. The molecule has 0 aromatic carbocycles. The third-order valence-corrected chi connectivity index (χ3v) is 2.44. The van der Waals surface area contributed by atoms with E-state index in [-0.39, 0.29) is 0 Å². The van der Waals surface area contributed by atoms with Gasteiger partial charge in [-0.15, -0.1) is 6.58 Å². The van der Waals surface area contributed by atoms with Crippen LogP contribution in [0.2, 0.25) is 19.6 Å². The fourth-order valence-corrected chi connectivity index (χ4v) is 2.55. The van der Waals surface area contributed by atoms with Crippen LogP contribution in [0.15, 0.2) is 12.7 Å². The maximum atomic E-state index is 8.99. The molecule has 4 heteroatoms. The van der Waals surface area contributed by atoms with Crippen LogP contribution in [0.5, 0.6) is 0 Å². The highest BCUT2D eigenvalue weighted by molar-refractivity contribution is 6.69. The summed E-state index contributed by atoms with van der Waals surface area (Å²) in [5.41, 5.74) is -0.826. The van der Waals surface area contributed by atoms with Gasteiger partial charge in [0.05, 0.1) is 19.3 Å². The molecule has 0 aliphatic heterocycles. The molecule has 1 atom stereocenters. The first-order valence-electron chi connectivity index (χ1n) is 4.63. The lowest BCUT2D eigenvalue weighted by Crippen LogP contribution is -2.42. The topological polar surface area (TPSA) is 42.2 Å². The highest BCUT2D eigenvalue weighted by Gasteiger charge is 2.31. The third kappa shape index (κ3) is 5.92. The Morgan fingerprint density at radius 2 is 2.07 bits per heavy atom. The van der Waals surface area contributed by atoms with E-state index in [4.69, 9.17) is 14.4 Å². The molecular weight excluding hydrogens is 194 g/mol. The van der Waals surface area contributed by atoms with E-state index in [1.54, 1.807) is 13.0 Å². The van der Waals surface area contributed by atoms with Crippen molar-refractivity contribution in [1.29, 1.82) is 5.26 Å². The predicted molar refractivity (Wildman–Crippen MR) is 59.5 cm³/mol. The molecule has 0 aliphatic rings. The lowest BCUT2D eigenvalue weighted by Gasteiger charge is -2.29. The zero-order chi connectivity index (χ0) is 11.2. The van der Waals surface area contributed by atoms with Crippen LogP contribution in [0, 0.1) is 11.3 Å². The quantitative estimate of drug-likeness (QED) is 0.386. The Balaban J connectivity index is 4.20. The molecule has 0 bridgehead atoms. The summed E-state index contributed by atoms with van der Waals surface area (Å²) in [6.45, 7) is 12.2. The van der Waals surface area contributed by atoms with Gasteiger partial charge >= 0.3 is 0 Å². The van der Waals surface area contributed by atoms with Crippen LogP contribution in [-0.4, -0.2) is 27.1 Å². The van der Waals surface area contributed by atoms with Crippen LogP contribution >= 0.6 is 0 Å². The minimum atomic E-state index is -1.70. The van der Waals surface area contributed by atoms with E-state index in [1.807, 2.05) is 0 Å². The highest BCUT2D eigenvalue weighted by atomic mass is 28.4. The van der Waals surface area contributed by atoms with Crippen molar-refractivity contribution in [2.45, 2.75) is 32.2 Å². The van der Waals surface area contributed by atoms with Crippen LogP contribution in [0.4, 0.5) is 0 Å². The van der Waals surface area contributed by atoms with E-state index in [0.717, 1.165) is 0 Å². The van der Waals surface area contributed by atoms with Crippen LogP contribution in [-0.2, 0) is 9.16 Å². The highest BCUT2D eigenvalue weighted by Crippen LogP contribution is 2.17. The van der Waals surface area contributed by atoms with Gasteiger partial charge in [-0.2, -0.15) is 5.26 Å². The number of rotatable bonds is 6. The Bertz CT molecular complexity index is 229. The second kappa shape index (κ2) is 5.30. The number of ether oxygens (including phenoxy) is 1. The van der Waals surface area contributed by atoms with Crippen molar-refractivity contribution >= 4 is 8.32 Å². The second-order valence-corrected chi connectivity index (χ2v) is 8.79. The maximum absolute atomic E-state index is 8.99. The van der Waals surface area contributed by atoms with Crippen LogP contribution in [0.25, 0.3) is 0 Å². The average Bonchev–Trinajstić information content (AvgIpc) is 2.02. The van der Waals surface area contributed by atoms with E-state index >= 15 is 0 Å². The van der Waals surface area contributed by atoms with Gasteiger partial charge in [-0.25, -0.2) is 0 Å². The summed E-state index contributed by atoms with van der Waals surface area (Å²) in [7, 11) is -1.70. The van der Waals surface area contributed by atoms with E-state index < -0.39 is 13.9 Å². The van der Waals surface area contributed by atoms with Crippen molar-refractivity contribution in [3.63, 3.8) is 0 Å². The van der Waals surface area contributed by atoms with Crippen LogP contribution in [0.1, 0.15) is 6.92 Å². The van der Waals surface area contributed by atoms with Crippen LogP contribution in [0.3, 0.4) is 0 Å². The van der Waals surface area contributed by atoms with Crippen molar-refractivity contribution in [2.75, 3.05) is 13.2 Å². The van der Waals surface area contributed by atoms with E-state index in [2.05, 4.69) is 32.3 Å². The molecule has 0 aromatic heterocycles. The number of nitrogens with zero attached hydrogens (tertiary/aromatic N) is 1. The average molecular weight is 213 g/mol. The summed E-state index contributed by atoms with van der Waals surface area (Å²) in [5, 5.41) is 8.99. The molecule has 0 spiro atoms. The molecule has 0 fully saturated rings. The van der Waals surface area contributed by atoms with Crippen molar-refractivity contribution in [2.24, 2.45) is 0 Å². The van der Waals surface area contributed by atoms with Gasteiger partial charge in [0.2, 0.25) is 0 Å². The zero-order valence-corrected chi connectivity index (χ0v) is 10.5. The Morgan fingerprint density at radius 3 is 2.43 bits per heavy atom. The molecule has 0 radical (unpaired) electrons. The largest absolute Gasteiger partial charge is 0.398 e. The summed E-state index contributed by atoms with van der Waals surface area (Å²) >= 11 is 0. The molecule has 0 aromatic rings. The molecule has 80 valence electrons. The van der Waals surface area contributed by atoms with Crippen molar-refractivity contribution < 1.29 is 9.16 Å². The molecule has 0 saturated heterocycles. The third-order valence-electron chi connectivity index (χ3n) is 1.38. The van der Waals surface area contributed by atoms with Gasteiger partial charge in [-0.3, -0.25) is 0 Å².